The molecule has 0 aliphatic rings. The standard InChI is InChI=1S/C18H14N2O2/c1-2-5-13-10-15-7-4-9-19-18(15)17(11-13)14-6-3-8-16(12-14)20(21)22/h2-4,6-12H,1,5H2. The minimum Gasteiger partial charge on any atom is -0.258 e. The second kappa shape index (κ2) is 5.77. The lowest BCUT2D eigenvalue weighted by molar-refractivity contribution is -0.384. The van der Waals surface area contributed by atoms with Crippen LogP contribution in [0.3, 0.4) is 0 Å². The van der Waals surface area contributed by atoms with Gasteiger partial charge in [0.1, 0.15) is 0 Å². The molecule has 0 aliphatic heterocycles. The molecule has 0 amide bonds. The van der Waals surface area contributed by atoms with Gasteiger partial charge < -0.3 is 0 Å². The first-order valence-electron chi connectivity index (χ1n) is 6.92. The van der Waals surface area contributed by atoms with Crippen molar-refractivity contribution in [2.24, 2.45) is 0 Å². The van der Waals surface area contributed by atoms with Crippen molar-refractivity contribution in [2.45, 2.75) is 6.42 Å². The fourth-order valence-electron chi connectivity index (χ4n) is 2.55. The zero-order valence-corrected chi connectivity index (χ0v) is 11.9. The van der Waals surface area contributed by atoms with E-state index in [2.05, 4.69) is 17.6 Å². The normalized spacial score (nSPS) is 10.5. The molecule has 22 heavy (non-hydrogen) atoms. The Balaban J connectivity index is 2.26. The maximum absolute atomic E-state index is 11.0. The van der Waals surface area contributed by atoms with Crippen LogP contribution in [0.2, 0.25) is 0 Å². The van der Waals surface area contributed by atoms with Gasteiger partial charge in [0, 0.05) is 29.3 Å². The van der Waals surface area contributed by atoms with Gasteiger partial charge in [-0.2, -0.15) is 0 Å². The summed E-state index contributed by atoms with van der Waals surface area (Å²) in [6, 6.07) is 14.6. The topological polar surface area (TPSA) is 56.0 Å². The summed E-state index contributed by atoms with van der Waals surface area (Å²) < 4.78 is 0. The molecule has 4 heteroatoms. The number of hydrogen-bond acceptors (Lipinski definition) is 3. The predicted molar refractivity (Wildman–Crippen MR) is 87.7 cm³/mol. The van der Waals surface area contributed by atoms with Gasteiger partial charge in [-0.05, 0) is 35.7 Å². The summed E-state index contributed by atoms with van der Waals surface area (Å²) in [6.45, 7) is 3.77. The molecular weight excluding hydrogens is 276 g/mol. The number of rotatable bonds is 4. The molecular formula is C18H14N2O2. The highest BCUT2D eigenvalue weighted by Crippen LogP contribution is 2.31. The van der Waals surface area contributed by atoms with E-state index in [4.69, 9.17) is 0 Å². The van der Waals surface area contributed by atoms with Crippen LogP contribution in [0.15, 0.2) is 67.4 Å². The average Bonchev–Trinajstić information content (AvgIpc) is 2.54. The molecule has 0 aliphatic carbocycles. The number of pyridine rings is 1. The Bertz CT molecular complexity index is 872. The average molecular weight is 290 g/mol. The number of allylic oxidation sites excluding steroid dienone is 1. The second-order valence-electron chi connectivity index (χ2n) is 5.02. The van der Waals surface area contributed by atoms with Gasteiger partial charge >= 0.3 is 0 Å². The Morgan fingerprint density at radius 3 is 2.82 bits per heavy atom. The number of nitrogens with zero attached hydrogens (tertiary/aromatic N) is 2. The van der Waals surface area contributed by atoms with Gasteiger partial charge in [0.05, 0.1) is 10.4 Å². The quantitative estimate of drug-likeness (QED) is 0.402. The molecule has 0 spiro atoms. The lowest BCUT2D eigenvalue weighted by atomic mass is 9.97. The van der Waals surface area contributed by atoms with Crippen LogP contribution in [-0.2, 0) is 6.42 Å². The number of aromatic nitrogens is 1. The van der Waals surface area contributed by atoms with Crippen molar-refractivity contribution in [3.63, 3.8) is 0 Å². The molecule has 0 radical (unpaired) electrons. The number of nitro benzene ring substituents is 1. The molecule has 0 unspecified atom stereocenters. The highest BCUT2D eigenvalue weighted by Gasteiger charge is 2.11. The van der Waals surface area contributed by atoms with E-state index in [1.165, 1.54) is 6.07 Å². The minimum atomic E-state index is -0.382. The van der Waals surface area contributed by atoms with Crippen LogP contribution >= 0.6 is 0 Å². The van der Waals surface area contributed by atoms with Gasteiger partial charge in [0.2, 0.25) is 0 Å². The summed E-state index contributed by atoms with van der Waals surface area (Å²) in [5, 5.41) is 12.0. The van der Waals surface area contributed by atoms with Crippen molar-refractivity contribution in [3.8, 4) is 11.1 Å². The summed E-state index contributed by atoms with van der Waals surface area (Å²) in [6.07, 6.45) is 4.32. The molecule has 1 aromatic heterocycles. The zero-order chi connectivity index (χ0) is 15.5. The third-order valence-corrected chi connectivity index (χ3v) is 3.51. The smallest absolute Gasteiger partial charge is 0.258 e. The monoisotopic (exact) mass is 290 g/mol. The Labute approximate surface area is 127 Å². The Morgan fingerprint density at radius 1 is 1.18 bits per heavy atom. The van der Waals surface area contributed by atoms with E-state index in [1.54, 1.807) is 18.3 Å². The lowest BCUT2D eigenvalue weighted by Crippen LogP contribution is -1.91. The third kappa shape index (κ3) is 2.59. The van der Waals surface area contributed by atoms with E-state index in [-0.39, 0.29) is 10.6 Å². The van der Waals surface area contributed by atoms with Crippen LogP contribution in [0, 0.1) is 10.1 Å². The zero-order valence-electron chi connectivity index (χ0n) is 11.9. The molecule has 0 bridgehead atoms. The van der Waals surface area contributed by atoms with Crippen molar-refractivity contribution in [3.05, 3.63) is 83.1 Å². The van der Waals surface area contributed by atoms with Crippen molar-refractivity contribution < 1.29 is 4.92 Å². The fraction of sp³-hybridized carbons (Fsp3) is 0.0556. The second-order valence-corrected chi connectivity index (χ2v) is 5.02. The highest BCUT2D eigenvalue weighted by atomic mass is 16.6. The summed E-state index contributed by atoms with van der Waals surface area (Å²) in [5.74, 6) is 0. The molecule has 0 saturated heterocycles. The fourth-order valence-corrected chi connectivity index (χ4v) is 2.55. The summed E-state index contributed by atoms with van der Waals surface area (Å²) in [5.41, 5.74) is 3.73. The van der Waals surface area contributed by atoms with Crippen molar-refractivity contribution >= 4 is 16.6 Å². The first kappa shape index (κ1) is 13.9. The molecule has 3 rings (SSSR count). The molecule has 0 saturated carbocycles. The molecule has 0 N–H and O–H groups in total. The van der Waals surface area contributed by atoms with Crippen molar-refractivity contribution in [2.75, 3.05) is 0 Å². The van der Waals surface area contributed by atoms with E-state index in [9.17, 15) is 10.1 Å². The molecule has 3 aromatic rings. The Morgan fingerprint density at radius 2 is 2.05 bits per heavy atom. The van der Waals surface area contributed by atoms with Crippen molar-refractivity contribution in [1.82, 2.24) is 4.98 Å². The SMILES string of the molecule is C=CCc1cc(-c2cccc([N+](=O)[O-])c2)c2ncccc2c1. The number of non-ortho nitro benzene ring substituents is 1. The highest BCUT2D eigenvalue weighted by molar-refractivity contribution is 5.94. The molecule has 0 atom stereocenters. The van der Waals surface area contributed by atoms with Gasteiger partial charge in [-0.3, -0.25) is 15.1 Å². The van der Waals surface area contributed by atoms with Crippen molar-refractivity contribution in [1.29, 1.82) is 0 Å². The van der Waals surface area contributed by atoms with Gasteiger partial charge in [-0.25, -0.2) is 0 Å². The molecule has 4 nitrogen and oxygen atoms in total. The number of nitro groups is 1. The van der Waals surface area contributed by atoms with Crippen LogP contribution in [0.25, 0.3) is 22.0 Å². The van der Waals surface area contributed by atoms with E-state index in [0.717, 1.165) is 34.0 Å². The Kier molecular flexibility index (Phi) is 3.66. The summed E-state index contributed by atoms with van der Waals surface area (Å²) in [7, 11) is 0. The number of fused-ring (bicyclic) bond motifs is 1. The van der Waals surface area contributed by atoms with Crippen LogP contribution in [0.4, 0.5) is 5.69 Å². The van der Waals surface area contributed by atoms with Crippen LogP contribution < -0.4 is 0 Å². The number of benzene rings is 2. The van der Waals surface area contributed by atoms with E-state index >= 15 is 0 Å². The van der Waals surface area contributed by atoms with E-state index in [1.807, 2.05) is 30.3 Å². The van der Waals surface area contributed by atoms with E-state index < -0.39 is 0 Å². The largest absolute Gasteiger partial charge is 0.270 e. The van der Waals surface area contributed by atoms with Crippen LogP contribution in [0.1, 0.15) is 5.56 Å². The van der Waals surface area contributed by atoms with Gasteiger partial charge in [0.15, 0.2) is 0 Å². The summed E-state index contributed by atoms with van der Waals surface area (Å²) in [4.78, 5) is 15.0. The molecule has 108 valence electrons. The van der Waals surface area contributed by atoms with Crippen LogP contribution in [0.5, 0.6) is 0 Å². The molecule has 0 fully saturated rings. The maximum Gasteiger partial charge on any atom is 0.270 e. The predicted octanol–water partition coefficient (Wildman–Crippen LogP) is 4.54. The van der Waals surface area contributed by atoms with E-state index in [0.29, 0.717) is 0 Å². The first-order valence-corrected chi connectivity index (χ1v) is 6.92. The van der Waals surface area contributed by atoms with Gasteiger partial charge in [0.25, 0.3) is 5.69 Å². The molecule has 1 heterocycles. The van der Waals surface area contributed by atoms with Gasteiger partial charge in [-0.15, -0.1) is 6.58 Å². The lowest BCUT2D eigenvalue weighted by Gasteiger charge is -2.09. The third-order valence-electron chi connectivity index (χ3n) is 3.51. The molecule has 2 aromatic carbocycles. The van der Waals surface area contributed by atoms with Crippen LogP contribution in [-0.4, -0.2) is 9.91 Å². The van der Waals surface area contributed by atoms with Gasteiger partial charge in [-0.1, -0.05) is 24.3 Å². The Hall–Kier alpha value is -3.01. The minimum absolute atomic E-state index is 0.0794. The maximum atomic E-state index is 11.0. The first-order chi connectivity index (χ1) is 10.7. The number of hydrogen-bond donors (Lipinski definition) is 0. The summed E-state index contributed by atoms with van der Waals surface area (Å²) >= 11 is 0.